The van der Waals surface area contributed by atoms with E-state index in [1.807, 2.05) is 35.0 Å². The molecule has 2 aromatic heterocycles. The summed E-state index contributed by atoms with van der Waals surface area (Å²) in [6.07, 6.45) is 5.12. The standard InChI is InChI=1S/C22H16N4O2/c23-12-16-6-8-20(9-7-16)28-21-13-24-25-22(21)18-4-1-3-17(11-18)14-26-10-2-5-19(27)15-26/h1-11,13,15H,14H2,(H-,24,25,27). The van der Waals surface area contributed by atoms with Crippen molar-refractivity contribution in [2.24, 2.45) is 0 Å². The quantitative estimate of drug-likeness (QED) is 0.548. The molecule has 6 nitrogen and oxygen atoms in total. The molecule has 0 aliphatic rings. The number of H-pyrrole nitrogens is 1. The Morgan fingerprint density at radius 1 is 1.11 bits per heavy atom. The van der Waals surface area contributed by atoms with Crippen LogP contribution in [-0.2, 0) is 6.54 Å². The maximum atomic E-state index is 11.5. The van der Waals surface area contributed by atoms with E-state index in [4.69, 9.17) is 10.00 Å². The molecule has 0 radical (unpaired) electrons. The minimum atomic E-state index is -0.0240. The number of rotatable bonds is 5. The SMILES string of the molecule is N#Cc1ccc(Oc2c[nH]nc2-c2cccc(C[n+]3cccc([O-])c3)c2)cc1. The highest BCUT2D eigenvalue weighted by molar-refractivity contribution is 5.66. The van der Waals surface area contributed by atoms with Gasteiger partial charge in [0.2, 0.25) is 0 Å². The van der Waals surface area contributed by atoms with Crippen molar-refractivity contribution in [1.82, 2.24) is 10.2 Å². The van der Waals surface area contributed by atoms with Crippen molar-refractivity contribution in [2.45, 2.75) is 6.54 Å². The van der Waals surface area contributed by atoms with Gasteiger partial charge in [0.05, 0.1) is 17.8 Å². The van der Waals surface area contributed by atoms with Crippen molar-refractivity contribution in [2.75, 3.05) is 0 Å². The smallest absolute Gasteiger partial charge is 0.173 e. The highest BCUT2D eigenvalue weighted by Gasteiger charge is 2.12. The molecule has 6 heteroatoms. The van der Waals surface area contributed by atoms with E-state index in [1.165, 1.54) is 6.07 Å². The lowest BCUT2D eigenvalue weighted by molar-refractivity contribution is -0.690. The molecule has 2 aromatic carbocycles. The van der Waals surface area contributed by atoms with Gasteiger partial charge in [-0.1, -0.05) is 24.3 Å². The van der Waals surface area contributed by atoms with Gasteiger partial charge in [0, 0.05) is 17.2 Å². The number of hydrogen-bond acceptors (Lipinski definition) is 4. The normalized spacial score (nSPS) is 10.4. The first kappa shape index (κ1) is 17.3. The Morgan fingerprint density at radius 2 is 1.96 bits per heavy atom. The zero-order chi connectivity index (χ0) is 19.3. The van der Waals surface area contributed by atoms with Crippen LogP contribution in [0.5, 0.6) is 17.2 Å². The van der Waals surface area contributed by atoms with Crippen LogP contribution in [0.25, 0.3) is 11.3 Å². The van der Waals surface area contributed by atoms with Crippen LogP contribution in [0.2, 0.25) is 0 Å². The van der Waals surface area contributed by atoms with E-state index < -0.39 is 0 Å². The van der Waals surface area contributed by atoms with Crippen molar-refractivity contribution in [3.8, 4) is 34.6 Å². The average Bonchev–Trinajstić information content (AvgIpc) is 3.17. The van der Waals surface area contributed by atoms with E-state index in [1.54, 1.807) is 42.7 Å². The molecule has 0 bridgehead atoms. The van der Waals surface area contributed by atoms with E-state index in [2.05, 4.69) is 16.3 Å². The average molecular weight is 368 g/mol. The second-order valence-electron chi connectivity index (χ2n) is 6.25. The molecular weight excluding hydrogens is 352 g/mol. The summed E-state index contributed by atoms with van der Waals surface area (Å²) in [7, 11) is 0. The molecule has 4 aromatic rings. The minimum Gasteiger partial charge on any atom is -0.868 e. The maximum absolute atomic E-state index is 11.5. The summed E-state index contributed by atoms with van der Waals surface area (Å²) in [6, 6.07) is 20.2. The lowest BCUT2D eigenvalue weighted by Gasteiger charge is -2.07. The molecule has 28 heavy (non-hydrogen) atoms. The van der Waals surface area contributed by atoms with Crippen LogP contribution in [0.15, 0.2) is 79.3 Å². The van der Waals surface area contributed by atoms with Crippen LogP contribution in [0.3, 0.4) is 0 Å². The number of benzene rings is 2. The second-order valence-corrected chi connectivity index (χ2v) is 6.25. The molecule has 0 aliphatic carbocycles. The molecule has 136 valence electrons. The number of nitrogens with one attached hydrogen (secondary N) is 1. The Morgan fingerprint density at radius 3 is 2.75 bits per heavy atom. The minimum absolute atomic E-state index is 0.0240. The number of ether oxygens (including phenoxy) is 1. The fraction of sp³-hybridized carbons (Fsp3) is 0.0455. The topological polar surface area (TPSA) is 88.6 Å². The summed E-state index contributed by atoms with van der Waals surface area (Å²) >= 11 is 0. The van der Waals surface area contributed by atoms with Crippen LogP contribution >= 0.6 is 0 Å². The van der Waals surface area contributed by atoms with Gasteiger partial charge in [-0.15, -0.1) is 0 Å². The maximum Gasteiger partial charge on any atom is 0.173 e. The Hall–Kier alpha value is -4.11. The number of hydrogen-bond donors (Lipinski definition) is 1. The molecule has 0 amide bonds. The van der Waals surface area contributed by atoms with Crippen molar-refractivity contribution < 1.29 is 14.4 Å². The van der Waals surface area contributed by atoms with Gasteiger partial charge in [0.1, 0.15) is 11.4 Å². The van der Waals surface area contributed by atoms with Crippen LogP contribution in [0.4, 0.5) is 0 Å². The summed E-state index contributed by atoms with van der Waals surface area (Å²) in [4.78, 5) is 0. The Balaban J connectivity index is 1.58. The Bertz CT molecular complexity index is 1140. The van der Waals surface area contributed by atoms with Crippen molar-refractivity contribution in [1.29, 1.82) is 5.26 Å². The van der Waals surface area contributed by atoms with E-state index >= 15 is 0 Å². The third-order valence-electron chi connectivity index (χ3n) is 4.21. The third-order valence-corrected chi connectivity index (χ3v) is 4.21. The van der Waals surface area contributed by atoms with E-state index in [-0.39, 0.29) is 5.75 Å². The zero-order valence-electron chi connectivity index (χ0n) is 14.9. The third kappa shape index (κ3) is 3.84. The van der Waals surface area contributed by atoms with Crippen LogP contribution in [0, 0.1) is 11.3 Å². The van der Waals surface area contributed by atoms with Gasteiger partial charge in [-0.25, -0.2) is 4.57 Å². The first-order chi connectivity index (χ1) is 13.7. The van der Waals surface area contributed by atoms with Crippen molar-refractivity contribution in [3.63, 3.8) is 0 Å². The number of aromatic nitrogens is 3. The first-order valence-corrected chi connectivity index (χ1v) is 8.68. The highest BCUT2D eigenvalue weighted by Crippen LogP contribution is 2.31. The van der Waals surface area contributed by atoms with Gasteiger partial charge < -0.3 is 9.84 Å². The van der Waals surface area contributed by atoms with Crippen molar-refractivity contribution >= 4 is 0 Å². The van der Waals surface area contributed by atoms with E-state index in [0.717, 1.165) is 11.1 Å². The van der Waals surface area contributed by atoms with Gasteiger partial charge >= 0.3 is 0 Å². The summed E-state index contributed by atoms with van der Waals surface area (Å²) < 4.78 is 7.77. The summed E-state index contributed by atoms with van der Waals surface area (Å²) in [6.45, 7) is 0.583. The lowest BCUT2D eigenvalue weighted by atomic mass is 10.1. The van der Waals surface area contributed by atoms with Crippen LogP contribution < -0.4 is 14.4 Å². The van der Waals surface area contributed by atoms with Gasteiger partial charge in [-0.05, 0) is 36.1 Å². The number of pyridine rings is 1. The number of aromatic amines is 1. The fourth-order valence-corrected chi connectivity index (χ4v) is 2.91. The molecule has 0 saturated heterocycles. The number of nitrogens with zero attached hydrogens (tertiary/aromatic N) is 3. The molecule has 0 atom stereocenters. The second kappa shape index (κ2) is 7.64. The lowest BCUT2D eigenvalue weighted by Crippen LogP contribution is -2.33. The van der Waals surface area contributed by atoms with Crippen LogP contribution in [0.1, 0.15) is 11.1 Å². The monoisotopic (exact) mass is 368 g/mol. The van der Waals surface area contributed by atoms with Gasteiger partial charge in [-0.3, -0.25) is 5.10 Å². The predicted molar refractivity (Wildman–Crippen MR) is 100 cm³/mol. The molecule has 2 heterocycles. The molecule has 0 aliphatic heterocycles. The zero-order valence-corrected chi connectivity index (χ0v) is 14.9. The fourth-order valence-electron chi connectivity index (χ4n) is 2.91. The molecule has 1 N–H and O–H groups in total. The van der Waals surface area contributed by atoms with Gasteiger partial charge in [-0.2, -0.15) is 10.4 Å². The van der Waals surface area contributed by atoms with Crippen molar-refractivity contribution in [3.05, 3.63) is 90.4 Å². The van der Waals surface area contributed by atoms with E-state index in [0.29, 0.717) is 29.3 Å². The first-order valence-electron chi connectivity index (χ1n) is 8.68. The Labute approximate surface area is 161 Å². The molecule has 0 saturated carbocycles. The summed E-state index contributed by atoms with van der Waals surface area (Å²) in [5.41, 5.74) is 3.21. The van der Waals surface area contributed by atoms with Crippen LogP contribution in [-0.4, -0.2) is 10.2 Å². The van der Waals surface area contributed by atoms with E-state index in [9.17, 15) is 5.11 Å². The summed E-state index contributed by atoms with van der Waals surface area (Å²) in [5, 5.41) is 27.6. The summed E-state index contributed by atoms with van der Waals surface area (Å²) in [5.74, 6) is 1.20. The molecule has 0 spiro atoms. The largest absolute Gasteiger partial charge is 0.868 e. The van der Waals surface area contributed by atoms with Gasteiger partial charge in [0.25, 0.3) is 0 Å². The molecule has 0 fully saturated rings. The Kier molecular flexibility index (Phi) is 4.72. The van der Waals surface area contributed by atoms with Gasteiger partial charge in [0.15, 0.2) is 24.7 Å². The highest BCUT2D eigenvalue weighted by atomic mass is 16.5. The molecule has 4 rings (SSSR count). The number of nitriles is 1. The molecular formula is C22H16N4O2. The predicted octanol–water partition coefficient (Wildman–Crippen LogP) is 3.15. The molecule has 0 unspecified atom stereocenters.